The van der Waals surface area contributed by atoms with Crippen molar-refractivity contribution in [3.05, 3.63) is 29.8 Å². The van der Waals surface area contributed by atoms with E-state index in [4.69, 9.17) is 0 Å². The van der Waals surface area contributed by atoms with Gasteiger partial charge in [0.2, 0.25) is 5.91 Å². The Bertz CT molecular complexity index is 517. The van der Waals surface area contributed by atoms with E-state index in [-0.39, 0.29) is 5.91 Å². The lowest BCUT2D eigenvalue weighted by Crippen LogP contribution is -2.40. The normalized spacial score (nSPS) is 28.6. The molecule has 1 aromatic carbocycles. The van der Waals surface area contributed by atoms with Crippen LogP contribution in [0.4, 0.5) is 5.69 Å². The van der Waals surface area contributed by atoms with Gasteiger partial charge in [-0.05, 0) is 56.0 Å². The Balaban J connectivity index is 1.60. The largest absolute Gasteiger partial charge is 0.325 e. The molecule has 0 aliphatic carbocycles. The highest BCUT2D eigenvalue weighted by molar-refractivity contribution is 5.92. The SMILES string of the molecule is CCC1C2CNCC2CN1CC(=O)Nc1cccc(C)c1. The lowest BCUT2D eigenvalue weighted by atomic mass is 9.93. The molecule has 0 saturated carbocycles. The van der Waals surface area contributed by atoms with Crippen molar-refractivity contribution in [3.63, 3.8) is 0 Å². The van der Waals surface area contributed by atoms with Crippen LogP contribution in [0.15, 0.2) is 24.3 Å². The molecular weight excluding hydrogens is 262 g/mol. The maximum Gasteiger partial charge on any atom is 0.238 e. The molecule has 2 aliphatic rings. The fourth-order valence-electron chi connectivity index (χ4n) is 3.96. The van der Waals surface area contributed by atoms with Crippen molar-refractivity contribution < 1.29 is 4.79 Å². The minimum Gasteiger partial charge on any atom is -0.325 e. The van der Waals surface area contributed by atoms with E-state index >= 15 is 0 Å². The molecule has 0 aromatic heterocycles. The van der Waals surface area contributed by atoms with Gasteiger partial charge in [0, 0.05) is 18.3 Å². The first-order valence-corrected chi connectivity index (χ1v) is 7.98. The average Bonchev–Trinajstić information content (AvgIpc) is 2.98. The third-order valence-corrected chi connectivity index (χ3v) is 4.89. The molecular formula is C17H25N3O. The average molecular weight is 287 g/mol. The molecule has 2 heterocycles. The highest BCUT2D eigenvalue weighted by Gasteiger charge is 2.43. The lowest BCUT2D eigenvalue weighted by molar-refractivity contribution is -0.117. The van der Waals surface area contributed by atoms with E-state index in [1.54, 1.807) is 0 Å². The quantitative estimate of drug-likeness (QED) is 0.888. The summed E-state index contributed by atoms with van der Waals surface area (Å²) in [6.07, 6.45) is 1.13. The molecule has 3 unspecified atom stereocenters. The number of fused-ring (bicyclic) bond motifs is 1. The maximum absolute atomic E-state index is 12.3. The number of carbonyl (C=O) groups is 1. The highest BCUT2D eigenvalue weighted by atomic mass is 16.2. The van der Waals surface area contributed by atoms with Gasteiger partial charge < -0.3 is 10.6 Å². The zero-order chi connectivity index (χ0) is 14.8. The zero-order valence-corrected chi connectivity index (χ0v) is 12.9. The molecule has 0 radical (unpaired) electrons. The number of carbonyl (C=O) groups excluding carboxylic acids is 1. The van der Waals surface area contributed by atoms with Gasteiger partial charge in [0.15, 0.2) is 0 Å². The predicted octanol–water partition coefficient (Wildman–Crippen LogP) is 1.86. The zero-order valence-electron chi connectivity index (χ0n) is 12.9. The molecule has 3 atom stereocenters. The number of nitrogens with zero attached hydrogens (tertiary/aromatic N) is 1. The molecule has 2 fully saturated rings. The molecule has 4 nitrogen and oxygen atoms in total. The number of aryl methyl sites for hydroxylation is 1. The van der Waals surface area contributed by atoms with Gasteiger partial charge in [0.05, 0.1) is 6.54 Å². The van der Waals surface area contributed by atoms with Gasteiger partial charge in [-0.15, -0.1) is 0 Å². The van der Waals surface area contributed by atoms with Crippen LogP contribution in [0.3, 0.4) is 0 Å². The van der Waals surface area contributed by atoms with Gasteiger partial charge in [0.1, 0.15) is 0 Å². The molecule has 1 amide bonds. The van der Waals surface area contributed by atoms with Crippen LogP contribution in [0.25, 0.3) is 0 Å². The monoisotopic (exact) mass is 287 g/mol. The first-order chi connectivity index (χ1) is 10.2. The molecule has 114 valence electrons. The van der Waals surface area contributed by atoms with E-state index in [1.165, 1.54) is 5.56 Å². The minimum absolute atomic E-state index is 0.104. The Kier molecular flexibility index (Phi) is 4.27. The Hall–Kier alpha value is -1.39. The maximum atomic E-state index is 12.3. The summed E-state index contributed by atoms with van der Waals surface area (Å²) >= 11 is 0. The number of rotatable bonds is 4. The van der Waals surface area contributed by atoms with Gasteiger partial charge >= 0.3 is 0 Å². The van der Waals surface area contributed by atoms with Gasteiger partial charge in [0.25, 0.3) is 0 Å². The van der Waals surface area contributed by atoms with Crippen molar-refractivity contribution in [2.75, 3.05) is 31.5 Å². The van der Waals surface area contributed by atoms with Gasteiger partial charge in [-0.1, -0.05) is 19.1 Å². The highest BCUT2D eigenvalue weighted by Crippen LogP contribution is 2.33. The van der Waals surface area contributed by atoms with E-state index in [9.17, 15) is 4.79 Å². The number of benzene rings is 1. The second-order valence-electron chi connectivity index (χ2n) is 6.40. The molecule has 0 spiro atoms. The predicted molar refractivity (Wildman–Crippen MR) is 85.3 cm³/mol. The van der Waals surface area contributed by atoms with Crippen molar-refractivity contribution in [1.82, 2.24) is 10.2 Å². The molecule has 4 heteroatoms. The second-order valence-corrected chi connectivity index (χ2v) is 6.40. The summed E-state index contributed by atoms with van der Waals surface area (Å²) in [6, 6.07) is 8.53. The van der Waals surface area contributed by atoms with E-state index in [2.05, 4.69) is 22.5 Å². The number of amides is 1. The Morgan fingerprint density at radius 1 is 1.43 bits per heavy atom. The molecule has 2 saturated heterocycles. The Morgan fingerprint density at radius 3 is 3.05 bits per heavy atom. The first-order valence-electron chi connectivity index (χ1n) is 7.98. The lowest BCUT2D eigenvalue weighted by Gasteiger charge is -2.26. The van der Waals surface area contributed by atoms with E-state index in [0.717, 1.165) is 43.6 Å². The Labute approximate surface area is 126 Å². The summed E-state index contributed by atoms with van der Waals surface area (Å²) in [7, 11) is 0. The fourth-order valence-corrected chi connectivity index (χ4v) is 3.96. The summed E-state index contributed by atoms with van der Waals surface area (Å²) in [6.45, 7) is 8.06. The summed E-state index contributed by atoms with van der Waals surface area (Å²) in [5, 5.41) is 6.51. The molecule has 3 rings (SSSR count). The molecule has 21 heavy (non-hydrogen) atoms. The molecule has 1 aromatic rings. The van der Waals surface area contributed by atoms with Crippen LogP contribution in [-0.4, -0.2) is 43.0 Å². The number of nitrogens with one attached hydrogen (secondary N) is 2. The van der Waals surface area contributed by atoms with Crippen LogP contribution in [-0.2, 0) is 4.79 Å². The minimum atomic E-state index is 0.104. The third kappa shape index (κ3) is 3.11. The van der Waals surface area contributed by atoms with Crippen molar-refractivity contribution >= 4 is 11.6 Å². The Morgan fingerprint density at radius 2 is 2.29 bits per heavy atom. The molecule has 2 aliphatic heterocycles. The van der Waals surface area contributed by atoms with E-state index < -0.39 is 0 Å². The van der Waals surface area contributed by atoms with Gasteiger partial charge in [-0.2, -0.15) is 0 Å². The third-order valence-electron chi connectivity index (χ3n) is 4.89. The van der Waals surface area contributed by atoms with Crippen molar-refractivity contribution in [2.45, 2.75) is 26.3 Å². The van der Waals surface area contributed by atoms with Crippen molar-refractivity contribution in [1.29, 1.82) is 0 Å². The van der Waals surface area contributed by atoms with Gasteiger partial charge in [-0.3, -0.25) is 9.69 Å². The summed E-state index contributed by atoms with van der Waals surface area (Å²) in [4.78, 5) is 14.7. The number of hydrogen-bond donors (Lipinski definition) is 2. The number of hydrogen-bond acceptors (Lipinski definition) is 3. The van der Waals surface area contributed by atoms with Crippen LogP contribution in [0.1, 0.15) is 18.9 Å². The summed E-state index contributed by atoms with van der Waals surface area (Å²) in [5.41, 5.74) is 2.06. The van der Waals surface area contributed by atoms with Crippen LogP contribution in [0, 0.1) is 18.8 Å². The second kappa shape index (κ2) is 6.16. The molecule has 0 bridgehead atoms. The molecule has 2 N–H and O–H groups in total. The fraction of sp³-hybridized carbons (Fsp3) is 0.588. The van der Waals surface area contributed by atoms with Crippen LogP contribution in [0.5, 0.6) is 0 Å². The van der Waals surface area contributed by atoms with Crippen molar-refractivity contribution in [3.8, 4) is 0 Å². The standard InChI is InChI=1S/C17H25N3O/c1-3-16-15-9-18-8-13(15)10-20(16)11-17(21)19-14-6-4-5-12(2)7-14/h4-7,13,15-16,18H,3,8-11H2,1-2H3,(H,19,21). The van der Waals surface area contributed by atoms with E-state index in [1.807, 2.05) is 31.2 Å². The number of anilines is 1. The summed E-state index contributed by atoms with van der Waals surface area (Å²) in [5.74, 6) is 1.55. The first kappa shape index (κ1) is 14.5. The summed E-state index contributed by atoms with van der Waals surface area (Å²) < 4.78 is 0. The van der Waals surface area contributed by atoms with Crippen LogP contribution >= 0.6 is 0 Å². The van der Waals surface area contributed by atoms with Crippen LogP contribution < -0.4 is 10.6 Å². The van der Waals surface area contributed by atoms with Crippen molar-refractivity contribution in [2.24, 2.45) is 11.8 Å². The smallest absolute Gasteiger partial charge is 0.238 e. The number of likely N-dealkylation sites (tertiary alicyclic amines) is 1. The van der Waals surface area contributed by atoms with Gasteiger partial charge in [-0.25, -0.2) is 0 Å². The topological polar surface area (TPSA) is 44.4 Å². The van der Waals surface area contributed by atoms with E-state index in [0.29, 0.717) is 12.6 Å². The van der Waals surface area contributed by atoms with Crippen LogP contribution in [0.2, 0.25) is 0 Å².